The molecule has 3 fully saturated rings. The van der Waals surface area contributed by atoms with Gasteiger partial charge in [-0.15, -0.1) is 0 Å². The molecular formula is C9H14O5. The van der Waals surface area contributed by atoms with Crippen molar-refractivity contribution in [3.63, 3.8) is 0 Å². The molecule has 0 N–H and O–H groups in total. The van der Waals surface area contributed by atoms with Crippen LogP contribution in [0.3, 0.4) is 0 Å². The van der Waals surface area contributed by atoms with E-state index in [-0.39, 0.29) is 12.4 Å². The summed E-state index contributed by atoms with van der Waals surface area (Å²) >= 11 is 0. The lowest BCUT2D eigenvalue weighted by Gasteiger charge is -1.98. The van der Waals surface area contributed by atoms with E-state index in [1.807, 2.05) is 0 Å². The summed E-state index contributed by atoms with van der Waals surface area (Å²) in [5.74, 6) is 0. The number of epoxide rings is 3. The maximum absolute atomic E-state index is 5.40. The molecule has 0 aliphatic carbocycles. The first-order valence-electron chi connectivity index (χ1n) is 5.00. The van der Waals surface area contributed by atoms with Crippen LogP contribution in [0, 0.1) is 0 Å². The Balaban J connectivity index is 1.21. The molecule has 4 atom stereocenters. The van der Waals surface area contributed by atoms with Gasteiger partial charge >= 0.3 is 0 Å². The zero-order valence-corrected chi connectivity index (χ0v) is 7.89. The molecule has 0 saturated carbocycles. The van der Waals surface area contributed by atoms with Gasteiger partial charge in [0.05, 0.1) is 33.0 Å². The standard InChI is InChI=1S/C9H14O5/c1(6-2-11-6)10-5-8-9(14-8)13-4-7-3-12-7/h6-9H,1-5H2. The van der Waals surface area contributed by atoms with Crippen LogP contribution in [-0.2, 0) is 23.7 Å². The van der Waals surface area contributed by atoms with Crippen molar-refractivity contribution < 1.29 is 23.7 Å². The summed E-state index contributed by atoms with van der Waals surface area (Å²) in [5, 5.41) is 0. The summed E-state index contributed by atoms with van der Waals surface area (Å²) in [7, 11) is 0. The number of hydrogen-bond donors (Lipinski definition) is 0. The molecule has 0 bridgehead atoms. The highest BCUT2D eigenvalue weighted by molar-refractivity contribution is 4.79. The monoisotopic (exact) mass is 202 g/mol. The van der Waals surface area contributed by atoms with Crippen molar-refractivity contribution in [3.05, 3.63) is 0 Å². The van der Waals surface area contributed by atoms with Gasteiger partial charge < -0.3 is 23.7 Å². The minimum atomic E-state index is -0.0701. The SMILES string of the molecule is C(OCC1OC1OCC1CO1)C1CO1. The molecule has 5 heteroatoms. The molecule has 3 heterocycles. The predicted molar refractivity (Wildman–Crippen MR) is 44.9 cm³/mol. The van der Waals surface area contributed by atoms with Crippen molar-refractivity contribution in [3.8, 4) is 0 Å². The van der Waals surface area contributed by atoms with E-state index in [0.717, 1.165) is 13.2 Å². The average molecular weight is 202 g/mol. The van der Waals surface area contributed by atoms with E-state index in [4.69, 9.17) is 23.7 Å². The van der Waals surface area contributed by atoms with Gasteiger partial charge in [0.25, 0.3) is 0 Å². The molecular weight excluding hydrogens is 188 g/mol. The summed E-state index contributed by atoms with van der Waals surface area (Å²) in [5.41, 5.74) is 0. The molecule has 3 saturated heterocycles. The third kappa shape index (κ3) is 2.65. The Kier molecular flexibility index (Phi) is 2.43. The highest BCUT2D eigenvalue weighted by Crippen LogP contribution is 2.25. The molecule has 3 rings (SSSR count). The first-order valence-corrected chi connectivity index (χ1v) is 5.00. The molecule has 3 aliphatic rings. The van der Waals surface area contributed by atoms with Crippen LogP contribution >= 0.6 is 0 Å². The van der Waals surface area contributed by atoms with Gasteiger partial charge in [-0.05, 0) is 0 Å². The molecule has 0 aromatic heterocycles. The van der Waals surface area contributed by atoms with Gasteiger partial charge in [0, 0.05) is 0 Å². The van der Waals surface area contributed by atoms with Crippen molar-refractivity contribution in [2.24, 2.45) is 0 Å². The van der Waals surface area contributed by atoms with Crippen molar-refractivity contribution >= 4 is 0 Å². The lowest BCUT2D eigenvalue weighted by atomic mass is 10.4. The fraction of sp³-hybridized carbons (Fsp3) is 1.00. The second-order valence-electron chi connectivity index (χ2n) is 3.82. The van der Waals surface area contributed by atoms with E-state index in [2.05, 4.69) is 0 Å². The normalized spacial score (nSPS) is 43.7. The molecule has 0 aromatic rings. The van der Waals surface area contributed by atoms with Crippen LogP contribution in [0.15, 0.2) is 0 Å². The molecule has 0 aromatic carbocycles. The summed E-state index contributed by atoms with van der Waals surface area (Å²) in [4.78, 5) is 0. The zero-order chi connectivity index (χ0) is 9.38. The lowest BCUT2D eigenvalue weighted by molar-refractivity contribution is 0.0403. The second-order valence-corrected chi connectivity index (χ2v) is 3.82. The molecule has 80 valence electrons. The van der Waals surface area contributed by atoms with Crippen molar-refractivity contribution in [1.29, 1.82) is 0 Å². The Labute approximate surface area is 82.2 Å². The maximum atomic E-state index is 5.40. The third-order valence-electron chi connectivity index (χ3n) is 2.37. The topological polar surface area (TPSA) is 56.0 Å². The molecule has 0 radical (unpaired) electrons. The van der Waals surface area contributed by atoms with E-state index in [9.17, 15) is 0 Å². The van der Waals surface area contributed by atoms with E-state index in [1.165, 1.54) is 0 Å². The molecule has 3 aliphatic heterocycles. The summed E-state index contributed by atoms with van der Waals surface area (Å²) in [6.07, 6.45) is 0.681. The van der Waals surface area contributed by atoms with Gasteiger partial charge in [-0.3, -0.25) is 0 Å². The first-order chi connectivity index (χ1) is 6.92. The first kappa shape index (κ1) is 9.06. The van der Waals surface area contributed by atoms with Crippen LogP contribution < -0.4 is 0 Å². The van der Waals surface area contributed by atoms with Gasteiger partial charge in [0.2, 0.25) is 0 Å². The summed E-state index contributed by atoms with van der Waals surface area (Å²) < 4.78 is 26.1. The zero-order valence-electron chi connectivity index (χ0n) is 7.89. The largest absolute Gasteiger partial charge is 0.376 e. The predicted octanol–water partition coefficient (Wildman–Crippen LogP) is -0.458. The summed E-state index contributed by atoms with van der Waals surface area (Å²) in [6, 6.07) is 0. The Morgan fingerprint density at radius 3 is 2.43 bits per heavy atom. The number of ether oxygens (including phenoxy) is 5. The Hall–Kier alpha value is -0.200. The van der Waals surface area contributed by atoms with Gasteiger partial charge in [0.1, 0.15) is 18.3 Å². The molecule has 0 spiro atoms. The van der Waals surface area contributed by atoms with Crippen LogP contribution in [0.1, 0.15) is 0 Å². The van der Waals surface area contributed by atoms with Gasteiger partial charge in [-0.1, -0.05) is 0 Å². The van der Waals surface area contributed by atoms with Crippen molar-refractivity contribution in [1.82, 2.24) is 0 Å². The minimum Gasteiger partial charge on any atom is -0.376 e. The Morgan fingerprint density at radius 2 is 1.71 bits per heavy atom. The smallest absolute Gasteiger partial charge is 0.186 e. The van der Waals surface area contributed by atoms with Crippen LogP contribution in [-0.4, -0.2) is 57.6 Å². The maximum Gasteiger partial charge on any atom is 0.186 e. The average Bonchev–Trinajstić information content (AvgIpc) is 3.02. The van der Waals surface area contributed by atoms with Gasteiger partial charge in [-0.2, -0.15) is 0 Å². The van der Waals surface area contributed by atoms with Crippen molar-refractivity contribution in [2.75, 3.05) is 33.0 Å². The summed E-state index contributed by atoms with van der Waals surface area (Å²) in [6.45, 7) is 3.60. The van der Waals surface area contributed by atoms with E-state index in [1.54, 1.807) is 0 Å². The molecule has 0 amide bonds. The number of hydrogen-bond acceptors (Lipinski definition) is 5. The van der Waals surface area contributed by atoms with Crippen LogP contribution in [0.2, 0.25) is 0 Å². The third-order valence-corrected chi connectivity index (χ3v) is 2.37. The Bertz CT molecular complexity index is 201. The fourth-order valence-corrected chi connectivity index (χ4v) is 1.24. The van der Waals surface area contributed by atoms with E-state index in [0.29, 0.717) is 32.0 Å². The second kappa shape index (κ2) is 3.75. The number of rotatable bonds is 7. The fourth-order valence-electron chi connectivity index (χ4n) is 1.24. The van der Waals surface area contributed by atoms with Crippen LogP contribution in [0.4, 0.5) is 0 Å². The van der Waals surface area contributed by atoms with Crippen molar-refractivity contribution in [2.45, 2.75) is 24.6 Å². The van der Waals surface area contributed by atoms with Gasteiger partial charge in [-0.25, -0.2) is 0 Å². The van der Waals surface area contributed by atoms with Crippen LogP contribution in [0.5, 0.6) is 0 Å². The molecule has 14 heavy (non-hydrogen) atoms. The van der Waals surface area contributed by atoms with E-state index >= 15 is 0 Å². The van der Waals surface area contributed by atoms with Crippen LogP contribution in [0.25, 0.3) is 0 Å². The molecule has 4 unspecified atom stereocenters. The van der Waals surface area contributed by atoms with E-state index < -0.39 is 0 Å². The highest BCUT2D eigenvalue weighted by atomic mass is 16.8. The quantitative estimate of drug-likeness (QED) is 0.523. The lowest BCUT2D eigenvalue weighted by Crippen LogP contribution is -2.12. The minimum absolute atomic E-state index is 0.0701. The van der Waals surface area contributed by atoms with Gasteiger partial charge in [0.15, 0.2) is 6.29 Å². The molecule has 5 nitrogen and oxygen atoms in total. The Morgan fingerprint density at radius 1 is 1.00 bits per heavy atom. The highest BCUT2D eigenvalue weighted by Gasteiger charge is 2.42.